The number of carboxylic acid groups (broad SMARTS) is 1. The molecule has 3 nitrogen and oxygen atoms in total. The molecular formula is C13H21NO2. The third kappa shape index (κ3) is 2.55. The Hall–Kier alpha value is -1.04. The van der Waals surface area contributed by atoms with Crippen LogP contribution in [0.4, 0.5) is 0 Å². The van der Waals surface area contributed by atoms with Crippen molar-refractivity contribution in [3.8, 4) is 6.07 Å². The second-order valence-electron chi connectivity index (χ2n) is 4.83. The predicted molar refractivity (Wildman–Crippen MR) is 61.8 cm³/mol. The van der Waals surface area contributed by atoms with Crippen molar-refractivity contribution < 1.29 is 9.90 Å². The van der Waals surface area contributed by atoms with E-state index in [9.17, 15) is 15.2 Å². The third-order valence-corrected chi connectivity index (χ3v) is 3.81. The van der Waals surface area contributed by atoms with E-state index < -0.39 is 11.4 Å². The Morgan fingerprint density at radius 3 is 2.50 bits per heavy atom. The summed E-state index contributed by atoms with van der Waals surface area (Å²) < 4.78 is 0. The molecule has 1 fully saturated rings. The second-order valence-corrected chi connectivity index (χ2v) is 4.83. The fourth-order valence-corrected chi connectivity index (χ4v) is 2.73. The fourth-order valence-electron chi connectivity index (χ4n) is 2.73. The Balaban J connectivity index is 2.83. The topological polar surface area (TPSA) is 61.1 Å². The van der Waals surface area contributed by atoms with Crippen molar-refractivity contribution in [3.05, 3.63) is 0 Å². The molecule has 1 aliphatic rings. The van der Waals surface area contributed by atoms with Gasteiger partial charge >= 0.3 is 5.97 Å². The number of nitrogens with zero attached hydrogens (tertiary/aromatic N) is 1. The van der Waals surface area contributed by atoms with Crippen LogP contribution in [0.15, 0.2) is 0 Å². The lowest BCUT2D eigenvalue weighted by molar-refractivity contribution is -0.149. The first-order valence-corrected chi connectivity index (χ1v) is 6.32. The number of aliphatic carboxylic acids is 1. The van der Waals surface area contributed by atoms with Crippen LogP contribution in [0.5, 0.6) is 0 Å². The first-order chi connectivity index (χ1) is 7.67. The average Bonchev–Trinajstić information content (AvgIpc) is 2.31. The van der Waals surface area contributed by atoms with Crippen molar-refractivity contribution in [1.82, 2.24) is 0 Å². The fraction of sp³-hybridized carbons (Fsp3) is 0.846. The highest BCUT2D eigenvalue weighted by Gasteiger charge is 2.45. The van der Waals surface area contributed by atoms with Crippen molar-refractivity contribution in [3.63, 3.8) is 0 Å². The van der Waals surface area contributed by atoms with E-state index in [1.165, 1.54) is 6.42 Å². The molecular weight excluding hydrogens is 202 g/mol. The van der Waals surface area contributed by atoms with Gasteiger partial charge in [-0.25, -0.2) is 0 Å². The van der Waals surface area contributed by atoms with Gasteiger partial charge in [0.25, 0.3) is 0 Å². The number of hydrogen-bond donors (Lipinski definition) is 1. The number of carboxylic acids is 1. The number of rotatable bonds is 5. The first-order valence-electron chi connectivity index (χ1n) is 6.32. The van der Waals surface area contributed by atoms with Crippen LogP contribution < -0.4 is 0 Å². The van der Waals surface area contributed by atoms with E-state index in [0.29, 0.717) is 6.42 Å². The maximum Gasteiger partial charge on any atom is 0.324 e. The summed E-state index contributed by atoms with van der Waals surface area (Å²) in [4.78, 5) is 11.4. The lowest BCUT2D eigenvalue weighted by Crippen LogP contribution is -2.38. The highest BCUT2D eigenvalue weighted by molar-refractivity contribution is 5.78. The summed E-state index contributed by atoms with van der Waals surface area (Å²) in [6, 6.07) is 2.12. The van der Waals surface area contributed by atoms with E-state index in [2.05, 4.69) is 6.07 Å². The molecule has 0 aromatic rings. The van der Waals surface area contributed by atoms with E-state index in [4.69, 9.17) is 0 Å². The van der Waals surface area contributed by atoms with Crippen LogP contribution in [0, 0.1) is 22.7 Å². The van der Waals surface area contributed by atoms with Gasteiger partial charge in [0.2, 0.25) is 0 Å². The molecule has 3 heteroatoms. The summed E-state index contributed by atoms with van der Waals surface area (Å²) in [5, 5.41) is 18.7. The normalized spacial score (nSPS) is 21.0. The Bertz CT molecular complexity index is 276. The minimum atomic E-state index is -1.11. The maximum absolute atomic E-state index is 11.4. The summed E-state index contributed by atoms with van der Waals surface area (Å²) in [5.74, 6) is -0.842. The Morgan fingerprint density at radius 2 is 2.06 bits per heavy atom. The third-order valence-electron chi connectivity index (χ3n) is 3.81. The number of unbranched alkanes of at least 4 members (excludes halogenated alkanes) is 1. The highest BCUT2D eigenvalue weighted by atomic mass is 16.4. The number of carbonyl (C=O) groups is 1. The smallest absolute Gasteiger partial charge is 0.324 e. The van der Waals surface area contributed by atoms with Crippen molar-refractivity contribution in [1.29, 1.82) is 5.26 Å². The summed E-state index contributed by atoms with van der Waals surface area (Å²) in [5.41, 5.74) is -1.11. The summed E-state index contributed by atoms with van der Waals surface area (Å²) >= 11 is 0. The predicted octanol–water partition coefficient (Wildman–Crippen LogP) is 3.35. The molecule has 0 aliphatic heterocycles. The van der Waals surface area contributed by atoms with Gasteiger partial charge in [-0.2, -0.15) is 5.26 Å². The average molecular weight is 223 g/mol. The van der Waals surface area contributed by atoms with Crippen LogP contribution in [0.2, 0.25) is 0 Å². The molecule has 0 radical (unpaired) electrons. The maximum atomic E-state index is 11.4. The van der Waals surface area contributed by atoms with Crippen LogP contribution >= 0.6 is 0 Å². The van der Waals surface area contributed by atoms with Crippen molar-refractivity contribution in [2.75, 3.05) is 0 Å². The first kappa shape index (κ1) is 13.0. The molecule has 0 aromatic carbocycles. The molecule has 90 valence electrons. The Morgan fingerprint density at radius 1 is 1.44 bits per heavy atom. The van der Waals surface area contributed by atoms with Gasteiger partial charge < -0.3 is 5.11 Å². The van der Waals surface area contributed by atoms with E-state index in [1.807, 2.05) is 6.92 Å². The van der Waals surface area contributed by atoms with Crippen LogP contribution in [0.1, 0.15) is 58.3 Å². The van der Waals surface area contributed by atoms with E-state index >= 15 is 0 Å². The largest absolute Gasteiger partial charge is 0.480 e. The minimum absolute atomic E-state index is 0.0651. The van der Waals surface area contributed by atoms with Crippen molar-refractivity contribution in [2.45, 2.75) is 58.3 Å². The van der Waals surface area contributed by atoms with Crippen molar-refractivity contribution >= 4 is 5.97 Å². The van der Waals surface area contributed by atoms with Crippen LogP contribution in [0.3, 0.4) is 0 Å². The monoisotopic (exact) mass is 223 g/mol. The molecule has 1 aliphatic carbocycles. The van der Waals surface area contributed by atoms with Gasteiger partial charge in [-0.1, -0.05) is 39.0 Å². The van der Waals surface area contributed by atoms with Crippen LogP contribution in [-0.2, 0) is 4.79 Å². The van der Waals surface area contributed by atoms with Gasteiger partial charge in [-0.3, -0.25) is 4.79 Å². The van der Waals surface area contributed by atoms with Crippen LogP contribution in [0.25, 0.3) is 0 Å². The molecule has 0 aromatic heterocycles. The summed E-state index contributed by atoms with van der Waals surface area (Å²) in [7, 11) is 0. The van der Waals surface area contributed by atoms with E-state index in [1.54, 1.807) is 0 Å². The Labute approximate surface area is 97.5 Å². The van der Waals surface area contributed by atoms with Gasteiger partial charge in [0, 0.05) is 0 Å². The molecule has 0 bridgehead atoms. The summed E-state index contributed by atoms with van der Waals surface area (Å²) in [6.45, 7) is 2.03. The lowest BCUT2D eigenvalue weighted by Gasteiger charge is -2.34. The second kappa shape index (κ2) is 5.89. The minimum Gasteiger partial charge on any atom is -0.480 e. The van der Waals surface area contributed by atoms with Gasteiger partial charge in [0.1, 0.15) is 0 Å². The van der Waals surface area contributed by atoms with Gasteiger partial charge in [0.05, 0.1) is 6.07 Å². The Kier molecular flexibility index (Phi) is 4.79. The SMILES string of the molecule is CCCCC(C#N)(C(=O)O)C1CCCCC1. The van der Waals surface area contributed by atoms with Crippen LogP contribution in [-0.4, -0.2) is 11.1 Å². The van der Waals surface area contributed by atoms with Gasteiger partial charge in [-0.05, 0) is 25.2 Å². The zero-order valence-corrected chi connectivity index (χ0v) is 10.0. The number of nitriles is 1. The quantitative estimate of drug-likeness (QED) is 0.777. The van der Waals surface area contributed by atoms with E-state index in [0.717, 1.165) is 38.5 Å². The molecule has 1 unspecified atom stereocenters. The molecule has 1 rings (SSSR count). The molecule has 0 heterocycles. The van der Waals surface area contributed by atoms with Crippen molar-refractivity contribution in [2.24, 2.45) is 11.3 Å². The molecule has 0 saturated heterocycles. The molecule has 1 N–H and O–H groups in total. The number of hydrogen-bond acceptors (Lipinski definition) is 2. The highest BCUT2D eigenvalue weighted by Crippen LogP contribution is 2.42. The zero-order valence-electron chi connectivity index (χ0n) is 10.0. The van der Waals surface area contributed by atoms with E-state index in [-0.39, 0.29) is 5.92 Å². The van der Waals surface area contributed by atoms with Gasteiger partial charge in [-0.15, -0.1) is 0 Å². The molecule has 0 spiro atoms. The molecule has 1 atom stereocenters. The zero-order chi connectivity index (χ0) is 12.0. The standard InChI is InChI=1S/C13H21NO2/c1-2-3-9-13(10-14,12(15)16)11-7-5-4-6-8-11/h11H,2-9H2,1H3,(H,15,16). The molecule has 0 amide bonds. The summed E-state index contributed by atoms with van der Waals surface area (Å²) in [6.07, 6.45) is 7.44. The molecule has 16 heavy (non-hydrogen) atoms. The van der Waals surface area contributed by atoms with Gasteiger partial charge in [0.15, 0.2) is 5.41 Å². The molecule has 1 saturated carbocycles. The lowest BCUT2D eigenvalue weighted by atomic mass is 9.67.